The average molecular weight is 465 g/mol. The van der Waals surface area contributed by atoms with E-state index in [0.717, 1.165) is 36.2 Å². The van der Waals surface area contributed by atoms with Crippen molar-refractivity contribution in [2.45, 2.75) is 58.5 Å². The summed E-state index contributed by atoms with van der Waals surface area (Å²) in [5.74, 6) is 0.883. The van der Waals surface area contributed by atoms with Gasteiger partial charge in [0.05, 0.1) is 10.7 Å². The number of aromatic nitrogens is 1. The number of nitrogens with one attached hydrogen (secondary N) is 2. The smallest absolute Gasteiger partial charge is 0.191 e. The van der Waals surface area contributed by atoms with Crippen molar-refractivity contribution in [1.82, 2.24) is 20.5 Å². The van der Waals surface area contributed by atoms with E-state index in [4.69, 9.17) is 0 Å². The Morgan fingerprint density at radius 3 is 2.88 bits per heavy atom. The number of nitrogens with zero attached hydrogens (tertiary/aromatic N) is 3. The fourth-order valence-corrected chi connectivity index (χ4v) is 3.84. The SMILES string of the molecule is CN=C(NCCc1csc(C)n1)NCC(C)N1CCCCC1C.I. The molecule has 2 unspecified atom stereocenters. The summed E-state index contributed by atoms with van der Waals surface area (Å²) in [7, 11) is 1.83. The van der Waals surface area contributed by atoms with Gasteiger partial charge in [-0.1, -0.05) is 6.42 Å². The van der Waals surface area contributed by atoms with Gasteiger partial charge >= 0.3 is 0 Å². The van der Waals surface area contributed by atoms with Crippen LogP contribution in [0.15, 0.2) is 10.4 Å². The van der Waals surface area contributed by atoms with Crippen LogP contribution in [0.25, 0.3) is 0 Å². The van der Waals surface area contributed by atoms with Gasteiger partial charge in [-0.25, -0.2) is 4.98 Å². The largest absolute Gasteiger partial charge is 0.356 e. The molecule has 5 nitrogen and oxygen atoms in total. The highest BCUT2D eigenvalue weighted by Gasteiger charge is 2.22. The third-order valence-electron chi connectivity index (χ3n) is 4.55. The molecule has 0 bridgehead atoms. The molecule has 2 heterocycles. The highest BCUT2D eigenvalue weighted by molar-refractivity contribution is 14.0. The number of rotatable bonds is 6. The zero-order valence-corrected chi connectivity index (χ0v) is 18.5. The van der Waals surface area contributed by atoms with Crippen LogP contribution in [0.2, 0.25) is 0 Å². The molecule has 0 aromatic carbocycles. The first-order chi connectivity index (χ1) is 11.1. The zero-order valence-electron chi connectivity index (χ0n) is 15.3. The van der Waals surface area contributed by atoms with Crippen LogP contribution in [-0.2, 0) is 6.42 Å². The third kappa shape index (κ3) is 6.84. The van der Waals surface area contributed by atoms with E-state index >= 15 is 0 Å². The lowest BCUT2D eigenvalue weighted by atomic mass is 10.0. The fourth-order valence-electron chi connectivity index (χ4n) is 3.19. The lowest BCUT2D eigenvalue weighted by Crippen LogP contribution is -2.50. The maximum Gasteiger partial charge on any atom is 0.191 e. The molecule has 2 atom stereocenters. The predicted molar refractivity (Wildman–Crippen MR) is 115 cm³/mol. The van der Waals surface area contributed by atoms with Gasteiger partial charge in [0, 0.05) is 44.0 Å². The Kier molecular flexibility index (Phi) is 10.1. The van der Waals surface area contributed by atoms with E-state index in [2.05, 4.69) is 44.7 Å². The molecule has 24 heavy (non-hydrogen) atoms. The van der Waals surface area contributed by atoms with Crippen molar-refractivity contribution < 1.29 is 0 Å². The number of guanidine groups is 1. The van der Waals surface area contributed by atoms with E-state index in [0.29, 0.717) is 12.1 Å². The highest BCUT2D eigenvalue weighted by atomic mass is 127. The van der Waals surface area contributed by atoms with Crippen LogP contribution in [0.1, 0.15) is 43.8 Å². The van der Waals surface area contributed by atoms with Gasteiger partial charge in [-0.2, -0.15) is 0 Å². The van der Waals surface area contributed by atoms with Crippen LogP contribution in [-0.4, -0.2) is 54.6 Å². The summed E-state index contributed by atoms with van der Waals surface area (Å²) in [6, 6.07) is 1.23. The maximum absolute atomic E-state index is 4.49. The number of aryl methyl sites for hydroxylation is 1. The van der Waals surface area contributed by atoms with E-state index in [1.807, 2.05) is 14.0 Å². The molecule has 7 heteroatoms. The molecule has 2 rings (SSSR count). The second-order valence-electron chi connectivity index (χ2n) is 6.42. The fraction of sp³-hybridized carbons (Fsp3) is 0.765. The molecule has 0 radical (unpaired) electrons. The molecular weight excluding hydrogens is 433 g/mol. The standard InChI is InChI=1S/C17H31N5S.HI/c1-13-7-5-6-10-22(13)14(2)11-20-17(18-4)19-9-8-16-12-23-15(3)21-16;/h12-14H,5-11H2,1-4H3,(H2,18,19,20);1H. The van der Waals surface area contributed by atoms with Gasteiger partial charge in [0.25, 0.3) is 0 Å². The molecule has 138 valence electrons. The van der Waals surface area contributed by atoms with Crippen LogP contribution in [0, 0.1) is 6.92 Å². The average Bonchev–Trinajstić information content (AvgIpc) is 2.96. The number of halogens is 1. The lowest BCUT2D eigenvalue weighted by Gasteiger charge is -2.38. The normalized spacial score (nSPS) is 20.3. The first kappa shape index (κ1) is 21.6. The second kappa shape index (κ2) is 11.3. The topological polar surface area (TPSA) is 52.6 Å². The molecule has 1 saturated heterocycles. The number of thiazole rings is 1. The van der Waals surface area contributed by atoms with Crippen molar-refractivity contribution >= 4 is 41.3 Å². The zero-order chi connectivity index (χ0) is 16.7. The Balaban J connectivity index is 0.00000288. The molecule has 1 aliphatic rings. The molecule has 1 aromatic rings. The van der Waals surface area contributed by atoms with Crippen molar-refractivity contribution in [3.8, 4) is 0 Å². The van der Waals surface area contributed by atoms with Crippen molar-refractivity contribution in [1.29, 1.82) is 0 Å². The van der Waals surface area contributed by atoms with Crippen LogP contribution in [0.5, 0.6) is 0 Å². The van der Waals surface area contributed by atoms with Gasteiger partial charge in [0.15, 0.2) is 5.96 Å². The number of aliphatic imine (C=N–C) groups is 1. The Labute approximate surface area is 167 Å². The van der Waals surface area contributed by atoms with Crippen molar-refractivity contribution in [2.75, 3.05) is 26.7 Å². The van der Waals surface area contributed by atoms with Gasteiger partial charge in [0.2, 0.25) is 0 Å². The van der Waals surface area contributed by atoms with E-state index in [-0.39, 0.29) is 24.0 Å². The van der Waals surface area contributed by atoms with Gasteiger partial charge in [-0.15, -0.1) is 35.3 Å². The number of hydrogen-bond donors (Lipinski definition) is 2. The summed E-state index contributed by atoms with van der Waals surface area (Å²) in [5, 5.41) is 10.1. The second-order valence-corrected chi connectivity index (χ2v) is 7.48. The summed E-state index contributed by atoms with van der Waals surface area (Å²) < 4.78 is 0. The number of hydrogen-bond acceptors (Lipinski definition) is 4. The van der Waals surface area contributed by atoms with Gasteiger partial charge in [-0.3, -0.25) is 9.89 Å². The quantitative estimate of drug-likeness (QED) is 0.385. The third-order valence-corrected chi connectivity index (χ3v) is 5.37. The predicted octanol–water partition coefficient (Wildman–Crippen LogP) is 3.04. The summed E-state index contributed by atoms with van der Waals surface area (Å²) in [5.41, 5.74) is 1.16. The minimum absolute atomic E-state index is 0. The molecule has 0 saturated carbocycles. The molecular formula is C17H32IN5S. The van der Waals surface area contributed by atoms with E-state index in [1.165, 1.54) is 25.8 Å². The Bertz CT molecular complexity index is 505. The number of likely N-dealkylation sites (tertiary alicyclic amines) is 1. The summed E-state index contributed by atoms with van der Waals surface area (Å²) in [6.45, 7) is 9.71. The molecule has 1 aliphatic heterocycles. The number of piperidine rings is 1. The van der Waals surface area contributed by atoms with Crippen molar-refractivity contribution in [3.63, 3.8) is 0 Å². The molecule has 0 spiro atoms. The first-order valence-electron chi connectivity index (χ1n) is 8.71. The van der Waals surface area contributed by atoms with Crippen LogP contribution < -0.4 is 10.6 Å². The van der Waals surface area contributed by atoms with Gasteiger partial charge in [0.1, 0.15) is 0 Å². The van der Waals surface area contributed by atoms with Gasteiger partial charge in [-0.05, 0) is 40.2 Å². The highest BCUT2D eigenvalue weighted by Crippen LogP contribution is 2.18. The Hall–Kier alpha value is -0.410. The summed E-state index contributed by atoms with van der Waals surface area (Å²) in [4.78, 5) is 11.4. The maximum atomic E-state index is 4.49. The van der Waals surface area contributed by atoms with Crippen molar-refractivity contribution in [3.05, 3.63) is 16.1 Å². The minimum Gasteiger partial charge on any atom is -0.356 e. The molecule has 1 aromatic heterocycles. The Morgan fingerprint density at radius 2 is 2.25 bits per heavy atom. The summed E-state index contributed by atoms with van der Waals surface area (Å²) >= 11 is 1.71. The Morgan fingerprint density at radius 1 is 1.46 bits per heavy atom. The van der Waals surface area contributed by atoms with Crippen LogP contribution in [0.3, 0.4) is 0 Å². The molecule has 2 N–H and O–H groups in total. The molecule has 0 amide bonds. The van der Waals surface area contributed by atoms with E-state index < -0.39 is 0 Å². The summed E-state index contributed by atoms with van der Waals surface area (Å²) in [6.07, 6.45) is 4.96. The molecule has 0 aliphatic carbocycles. The van der Waals surface area contributed by atoms with Crippen LogP contribution >= 0.6 is 35.3 Å². The minimum atomic E-state index is 0. The van der Waals surface area contributed by atoms with Crippen molar-refractivity contribution in [2.24, 2.45) is 4.99 Å². The van der Waals surface area contributed by atoms with Crippen LogP contribution in [0.4, 0.5) is 0 Å². The monoisotopic (exact) mass is 465 g/mol. The van der Waals surface area contributed by atoms with Gasteiger partial charge < -0.3 is 10.6 Å². The molecule has 1 fully saturated rings. The van der Waals surface area contributed by atoms with E-state index in [1.54, 1.807) is 11.3 Å². The first-order valence-corrected chi connectivity index (χ1v) is 9.59. The van der Waals surface area contributed by atoms with E-state index in [9.17, 15) is 0 Å². The lowest BCUT2D eigenvalue weighted by molar-refractivity contribution is 0.115.